The summed E-state index contributed by atoms with van der Waals surface area (Å²) in [6.45, 7) is 7.17. The Bertz CT molecular complexity index is 2790. The lowest BCUT2D eigenvalue weighted by Gasteiger charge is -2.34. The molecule has 11 nitrogen and oxygen atoms in total. The second kappa shape index (κ2) is 18.9. The first kappa shape index (κ1) is 42.5. The molecule has 1 atom stereocenters. The van der Waals surface area contributed by atoms with E-state index >= 15 is 0 Å². The van der Waals surface area contributed by atoms with E-state index in [1.807, 2.05) is 53.4 Å². The Hall–Kier alpha value is -6.79. The lowest BCUT2D eigenvalue weighted by molar-refractivity contribution is -0.135. The lowest BCUT2D eigenvalue weighted by atomic mass is 9.93. The molecule has 0 aliphatic carbocycles. The van der Waals surface area contributed by atoms with Crippen LogP contribution in [0.1, 0.15) is 59.5 Å². The summed E-state index contributed by atoms with van der Waals surface area (Å²) in [6.07, 6.45) is 3.45. The number of rotatable bonds is 15. The van der Waals surface area contributed by atoms with Crippen molar-refractivity contribution < 1.29 is 28.2 Å². The maximum Gasteiger partial charge on any atom is 0.260 e. The van der Waals surface area contributed by atoms with Gasteiger partial charge in [-0.3, -0.25) is 29.3 Å². The first-order valence-corrected chi connectivity index (χ1v) is 22.2. The van der Waals surface area contributed by atoms with Gasteiger partial charge in [-0.1, -0.05) is 60.7 Å². The number of aryl methyl sites for hydroxylation is 2. The number of para-hydroxylation sites is 1. The van der Waals surface area contributed by atoms with Crippen molar-refractivity contribution in [2.75, 3.05) is 45.9 Å². The SMILES string of the molecule is Cc1c(-c2ccc(F)cc2)n(Cc2ccc(OCCCCN3CCN(C(=O)COc4cccc5c(C6CCC(=O)NC6=O)nn(C)c45)CC3)cc2)c2ccc(Cc3ccccc3)cc12. The van der Waals surface area contributed by atoms with Crippen molar-refractivity contribution in [3.63, 3.8) is 0 Å². The zero-order valence-electron chi connectivity index (χ0n) is 36.4. The van der Waals surface area contributed by atoms with Crippen LogP contribution in [-0.4, -0.2) is 87.8 Å². The van der Waals surface area contributed by atoms with Gasteiger partial charge in [0.15, 0.2) is 6.61 Å². The summed E-state index contributed by atoms with van der Waals surface area (Å²) < 4.78 is 30.3. The summed E-state index contributed by atoms with van der Waals surface area (Å²) in [5.74, 6) is -0.0655. The number of benzene rings is 5. The largest absolute Gasteiger partial charge is 0.494 e. The molecule has 0 radical (unpaired) electrons. The molecule has 9 rings (SSSR count). The third-order valence-corrected chi connectivity index (χ3v) is 12.7. The van der Waals surface area contributed by atoms with E-state index in [9.17, 15) is 18.8 Å². The summed E-state index contributed by atoms with van der Waals surface area (Å²) in [5, 5.41) is 9.02. The van der Waals surface area contributed by atoms with Crippen LogP contribution in [0, 0.1) is 12.7 Å². The van der Waals surface area contributed by atoms with Crippen molar-refractivity contribution in [1.82, 2.24) is 29.5 Å². The van der Waals surface area contributed by atoms with Crippen molar-refractivity contribution in [3.8, 4) is 22.8 Å². The Labute approximate surface area is 372 Å². The average molecular weight is 861 g/mol. The minimum atomic E-state index is -0.514. The molecule has 2 aromatic heterocycles. The minimum absolute atomic E-state index is 0.0677. The molecule has 5 aromatic carbocycles. The van der Waals surface area contributed by atoms with Gasteiger partial charge in [-0.15, -0.1) is 0 Å². The highest BCUT2D eigenvalue weighted by Crippen LogP contribution is 2.36. The highest BCUT2D eigenvalue weighted by Gasteiger charge is 2.32. The van der Waals surface area contributed by atoms with Gasteiger partial charge in [-0.2, -0.15) is 5.10 Å². The molecule has 0 spiro atoms. The predicted molar refractivity (Wildman–Crippen MR) is 246 cm³/mol. The zero-order chi connectivity index (χ0) is 44.2. The number of imide groups is 1. The summed E-state index contributed by atoms with van der Waals surface area (Å²) in [5.41, 5.74) is 9.41. The summed E-state index contributed by atoms with van der Waals surface area (Å²) in [4.78, 5) is 41.7. The Morgan fingerprint density at radius 3 is 2.34 bits per heavy atom. The number of hydrogen-bond acceptors (Lipinski definition) is 7. The van der Waals surface area contributed by atoms with Gasteiger partial charge >= 0.3 is 0 Å². The van der Waals surface area contributed by atoms with Crippen molar-refractivity contribution in [2.24, 2.45) is 7.05 Å². The number of piperazine rings is 1. The number of amides is 3. The van der Waals surface area contributed by atoms with Gasteiger partial charge < -0.3 is 18.9 Å². The van der Waals surface area contributed by atoms with Gasteiger partial charge in [0, 0.05) is 62.5 Å². The normalized spacial score (nSPS) is 15.8. The molecule has 7 aromatic rings. The van der Waals surface area contributed by atoms with Gasteiger partial charge in [-0.05, 0) is 122 Å². The molecule has 2 fully saturated rings. The monoisotopic (exact) mass is 860 g/mol. The van der Waals surface area contributed by atoms with Gasteiger partial charge in [-0.25, -0.2) is 4.39 Å². The predicted octanol–water partition coefficient (Wildman–Crippen LogP) is 8.18. The molecular formula is C52H53FN6O5. The van der Waals surface area contributed by atoms with Gasteiger partial charge in [0.05, 0.1) is 23.9 Å². The van der Waals surface area contributed by atoms with Gasteiger partial charge in [0.1, 0.15) is 22.8 Å². The number of carbonyl (C=O) groups is 3. The van der Waals surface area contributed by atoms with Crippen LogP contribution in [0.5, 0.6) is 11.5 Å². The number of carbonyl (C=O) groups excluding carboxylic acids is 3. The van der Waals surface area contributed by atoms with E-state index in [0.717, 1.165) is 72.4 Å². The van der Waals surface area contributed by atoms with Crippen LogP contribution < -0.4 is 14.8 Å². The van der Waals surface area contributed by atoms with E-state index in [0.29, 0.717) is 49.6 Å². The molecular weight excluding hydrogens is 808 g/mol. The van der Waals surface area contributed by atoms with E-state index in [2.05, 4.69) is 81.4 Å². The number of aromatic nitrogens is 3. The second-order valence-corrected chi connectivity index (χ2v) is 17.0. The van der Waals surface area contributed by atoms with E-state index in [1.165, 1.54) is 34.2 Å². The average Bonchev–Trinajstić information content (AvgIpc) is 3.78. The second-order valence-electron chi connectivity index (χ2n) is 17.0. The number of piperidine rings is 1. The van der Waals surface area contributed by atoms with Crippen LogP contribution in [0.25, 0.3) is 33.1 Å². The summed E-state index contributed by atoms with van der Waals surface area (Å²) >= 11 is 0. The Kier molecular flexibility index (Phi) is 12.6. The molecule has 64 heavy (non-hydrogen) atoms. The highest BCUT2D eigenvalue weighted by molar-refractivity contribution is 6.03. The van der Waals surface area contributed by atoms with Crippen molar-refractivity contribution in [1.29, 1.82) is 0 Å². The third-order valence-electron chi connectivity index (χ3n) is 12.7. The van der Waals surface area contributed by atoms with Crippen LogP contribution in [0.3, 0.4) is 0 Å². The minimum Gasteiger partial charge on any atom is -0.494 e. The highest BCUT2D eigenvalue weighted by atomic mass is 19.1. The van der Waals surface area contributed by atoms with Crippen LogP contribution in [0.4, 0.5) is 4.39 Å². The molecule has 1 unspecified atom stereocenters. The number of nitrogens with zero attached hydrogens (tertiary/aromatic N) is 5. The third kappa shape index (κ3) is 9.28. The quantitative estimate of drug-likeness (QED) is 0.0818. The molecule has 1 N–H and O–H groups in total. The lowest BCUT2D eigenvalue weighted by Crippen LogP contribution is -2.50. The van der Waals surface area contributed by atoms with Gasteiger partial charge in [0.25, 0.3) is 5.91 Å². The summed E-state index contributed by atoms with van der Waals surface area (Å²) in [6, 6.07) is 37.9. The van der Waals surface area contributed by atoms with Crippen molar-refractivity contribution in [3.05, 3.63) is 149 Å². The topological polar surface area (TPSA) is 111 Å². The van der Waals surface area contributed by atoms with E-state index in [4.69, 9.17) is 9.47 Å². The number of ether oxygens (including phenoxy) is 2. The Morgan fingerprint density at radius 2 is 1.58 bits per heavy atom. The summed E-state index contributed by atoms with van der Waals surface area (Å²) in [7, 11) is 1.79. The molecule has 2 aliphatic rings. The van der Waals surface area contributed by atoms with Crippen molar-refractivity contribution >= 4 is 39.5 Å². The smallest absolute Gasteiger partial charge is 0.260 e. The maximum absolute atomic E-state index is 14.0. The fourth-order valence-electron chi connectivity index (χ4n) is 9.26. The molecule has 0 bridgehead atoms. The van der Waals surface area contributed by atoms with Crippen LogP contribution in [0.15, 0.2) is 115 Å². The van der Waals surface area contributed by atoms with E-state index in [1.54, 1.807) is 11.7 Å². The molecule has 2 aliphatic heterocycles. The van der Waals surface area contributed by atoms with Crippen molar-refractivity contribution in [2.45, 2.75) is 51.5 Å². The molecule has 2 saturated heterocycles. The van der Waals surface area contributed by atoms with Gasteiger partial charge in [0.2, 0.25) is 11.8 Å². The standard InChI is InChI=1S/C52H53FN6O5/c1-35-44-32-38(31-36-9-4-3-5-10-36)15-23-45(44)59(50(35)39-16-18-40(53)19-17-39)33-37-13-20-41(21-14-37)63-30-7-6-25-57-26-28-58(29-27-57)48(61)34-64-46-12-8-11-42-49(55-56(2)51(42)46)43-22-24-47(60)54-52(43)62/h3-5,8-21,23,32,43H,6-7,22,24-31,33-34H2,1-2H3,(H,54,60,62). The number of unbranched alkanes of at least 4 members (excludes halogenated alkanes) is 1. The zero-order valence-corrected chi connectivity index (χ0v) is 36.4. The molecule has 4 heterocycles. The molecule has 3 amide bonds. The van der Waals surface area contributed by atoms with E-state index < -0.39 is 5.92 Å². The molecule has 12 heteroatoms. The maximum atomic E-state index is 14.0. The first-order valence-electron chi connectivity index (χ1n) is 22.2. The molecule has 328 valence electrons. The van der Waals surface area contributed by atoms with E-state index in [-0.39, 0.29) is 36.6 Å². The number of hydrogen-bond donors (Lipinski definition) is 1. The Balaban J connectivity index is 0.737. The fourth-order valence-corrected chi connectivity index (χ4v) is 9.26. The van der Waals surface area contributed by atoms with Crippen LogP contribution >= 0.6 is 0 Å². The number of nitrogens with one attached hydrogen (secondary N) is 1. The fraction of sp³-hybridized carbons (Fsp3) is 0.308. The van der Waals surface area contributed by atoms with Crippen LogP contribution in [0.2, 0.25) is 0 Å². The number of fused-ring (bicyclic) bond motifs is 2. The molecule has 0 saturated carbocycles. The first-order chi connectivity index (χ1) is 31.2. The number of halogens is 1. The van der Waals surface area contributed by atoms with Crippen LogP contribution in [-0.2, 0) is 34.4 Å². The Morgan fingerprint density at radius 1 is 0.812 bits per heavy atom.